The van der Waals surface area contributed by atoms with Gasteiger partial charge in [0.05, 0.1) is 0 Å². The quantitative estimate of drug-likeness (QED) is 0.476. The van der Waals surface area contributed by atoms with Crippen molar-refractivity contribution in [2.75, 3.05) is 0 Å². The number of hydrogen-bond acceptors (Lipinski definition) is 0. The second-order valence-electron chi connectivity index (χ2n) is 2.06. The molecule has 12 heavy (non-hydrogen) atoms. The molecule has 0 fully saturated rings. The van der Waals surface area contributed by atoms with Crippen molar-refractivity contribution < 1.29 is 0 Å². The van der Waals surface area contributed by atoms with E-state index >= 15 is 0 Å². The fraction of sp³-hybridized carbons (Fsp3) is 0.333. The SMILES string of the molecule is CC.CC#CC1=CCC=CC=C1. The van der Waals surface area contributed by atoms with E-state index in [4.69, 9.17) is 0 Å². The smallest absolute Gasteiger partial charge is 0.0208 e. The minimum absolute atomic E-state index is 0.997. The molecule has 0 aliphatic heterocycles. The third-order valence-electron chi connectivity index (χ3n) is 1.27. The van der Waals surface area contributed by atoms with Gasteiger partial charge in [-0.25, -0.2) is 0 Å². The molecule has 64 valence electrons. The molecule has 0 heteroatoms. The van der Waals surface area contributed by atoms with E-state index in [9.17, 15) is 0 Å². The van der Waals surface area contributed by atoms with Gasteiger partial charge in [0.1, 0.15) is 0 Å². The van der Waals surface area contributed by atoms with Gasteiger partial charge in [-0.05, 0) is 19.4 Å². The van der Waals surface area contributed by atoms with E-state index in [0.717, 1.165) is 12.0 Å². The number of hydrogen-bond donors (Lipinski definition) is 0. The van der Waals surface area contributed by atoms with Crippen molar-refractivity contribution in [1.82, 2.24) is 0 Å². The van der Waals surface area contributed by atoms with E-state index in [1.165, 1.54) is 0 Å². The van der Waals surface area contributed by atoms with Crippen molar-refractivity contribution >= 4 is 0 Å². The summed E-state index contributed by atoms with van der Waals surface area (Å²) in [5.74, 6) is 5.88. The third-order valence-corrected chi connectivity index (χ3v) is 1.27. The Kier molecular flexibility index (Phi) is 7.08. The minimum Gasteiger partial charge on any atom is -0.101 e. The molecule has 0 aromatic rings. The highest BCUT2D eigenvalue weighted by atomic mass is 13.9. The summed E-state index contributed by atoms with van der Waals surface area (Å²) in [7, 11) is 0. The Hall–Kier alpha value is -1.22. The van der Waals surface area contributed by atoms with E-state index in [1.807, 2.05) is 39.0 Å². The molecule has 0 saturated carbocycles. The second-order valence-corrected chi connectivity index (χ2v) is 2.06. The van der Waals surface area contributed by atoms with E-state index in [1.54, 1.807) is 0 Å². The van der Waals surface area contributed by atoms with Crippen molar-refractivity contribution in [3.63, 3.8) is 0 Å². The summed E-state index contributed by atoms with van der Waals surface area (Å²) in [6, 6.07) is 0. The fourth-order valence-corrected chi connectivity index (χ4v) is 0.816. The van der Waals surface area contributed by atoms with Crippen LogP contribution in [-0.4, -0.2) is 0 Å². The average Bonchev–Trinajstić information content (AvgIpc) is 2.37. The summed E-state index contributed by atoms with van der Waals surface area (Å²) in [6.07, 6.45) is 11.3. The molecule has 0 aromatic carbocycles. The lowest BCUT2D eigenvalue weighted by Gasteiger charge is -1.83. The lowest BCUT2D eigenvalue weighted by molar-refractivity contribution is 1.39. The van der Waals surface area contributed by atoms with Gasteiger partial charge in [-0.1, -0.05) is 44.1 Å². The standard InChI is InChI=1S/C10H10.C2H6/c1-2-7-10-8-5-3-4-6-9-10;1-2/h3-5,8-9H,6H2,1H3;1-2H3. The molecule has 0 bridgehead atoms. The Morgan fingerprint density at radius 2 is 2.00 bits per heavy atom. The largest absolute Gasteiger partial charge is 0.101 e. The molecule has 0 heterocycles. The Balaban J connectivity index is 0.000000561. The summed E-state index contributed by atoms with van der Waals surface area (Å²) in [4.78, 5) is 0. The monoisotopic (exact) mass is 160 g/mol. The first-order chi connectivity index (χ1) is 5.93. The van der Waals surface area contributed by atoms with Crippen LogP contribution in [0.2, 0.25) is 0 Å². The maximum absolute atomic E-state index is 3.01. The van der Waals surface area contributed by atoms with Gasteiger partial charge in [-0.15, -0.1) is 5.92 Å². The number of allylic oxidation sites excluding steroid dienone is 6. The van der Waals surface area contributed by atoms with Gasteiger partial charge >= 0.3 is 0 Å². The van der Waals surface area contributed by atoms with Crippen LogP contribution in [-0.2, 0) is 0 Å². The molecule has 0 N–H and O–H groups in total. The molecular formula is C12H16. The summed E-state index contributed by atoms with van der Waals surface area (Å²) in [5.41, 5.74) is 1.12. The first kappa shape index (κ1) is 10.8. The van der Waals surface area contributed by atoms with E-state index in [2.05, 4.69) is 24.0 Å². The molecule has 1 aliphatic carbocycles. The molecule has 0 aromatic heterocycles. The number of rotatable bonds is 0. The van der Waals surface area contributed by atoms with Crippen LogP contribution in [0, 0.1) is 11.8 Å². The maximum Gasteiger partial charge on any atom is 0.0208 e. The van der Waals surface area contributed by atoms with Gasteiger partial charge in [0.15, 0.2) is 0 Å². The highest BCUT2D eigenvalue weighted by Crippen LogP contribution is 2.02. The van der Waals surface area contributed by atoms with Crippen molar-refractivity contribution in [3.05, 3.63) is 36.0 Å². The average molecular weight is 160 g/mol. The summed E-state index contributed by atoms with van der Waals surface area (Å²) >= 11 is 0. The molecule has 0 radical (unpaired) electrons. The van der Waals surface area contributed by atoms with Gasteiger partial charge in [0, 0.05) is 5.57 Å². The zero-order chi connectivity index (χ0) is 9.23. The predicted molar refractivity (Wildman–Crippen MR) is 55.8 cm³/mol. The van der Waals surface area contributed by atoms with Crippen LogP contribution in [0.5, 0.6) is 0 Å². The van der Waals surface area contributed by atoms with Gasteiger partial charge in [-0.3, -0.25) is 0 Å². The van der Waals surface area contributed by atoms with Crippen LogP contribution in [0.3, 0.4) is 0 Å². The van der Waals surface area contributed by atoms with Crippen LogP contribution in [0.1, 0.15) is 27.2 Å². The predicted octanol–water partition coefficient (Wildman–Crippen LogP) is 3.48. The van der Waals surface area contributed by atoms with Crippen LogP contribution < -0.4 is 0 Å². The lowest BCUT2D eigenvalue weighted by Crippen LogP contribution is -1.68. The Morgan fingerprint density at radius 3 is 2.67 bits per heavy atom. The molecule has 0 nitrogen and oxygen atoms in total. The molecule has 0 saturated heterocycles. The van der Waals surface area contributed by atoms with E-state index < -0.39 is 0 Å². The molecule has 0 unspecified atom stereocenters. The third kappa shape index (κ3) is 4.57. The topological polar surface area (TPSA) is 0 Å². The zero-order valence-electron chi connectivity index (χ0n) is 8.09. The van der Waals surface area contributed by atoms with Gasteiger partial charge in [0.25, 0.3) is 0 Å². The molecule has 0 amide bonds. The normalized spacial score (nSPS) is 13.1. The van der Waals surface area contributed by atoms with Crippen LogP contribution in [0.15, 0.2) is 36.0 Å². The first-order valence-corrected chi connectivity index (χ1v) is 4.39. The Labute approximate surface area is 75.7 Å². The summed E-state index contributed by atoms with van der Waals surface area (Å²) in [5, 5.41) is 0. The van der Waals surface area contributed by atoms with Crippen molar-refractivity contribution in [3.8, 4) is 11.8 Å². The molecule has 1 aliphatic rings. The highest BCUT2D eigenvalue weighted by molar-refractivity contribution is 5.40. The van der Waals surface area contributed by atoms with Gasteiger partial charge in [-0.2, -0.15) is 0 Å². The van der Waals surface area contributed by atoms with Gasteiger partial charge < -0.3 is 0 Å². The Morgan fingerprint density at radius 1 is 1.25 bits per heavy atom. The fourth-order valence-electron chi connectivity index (χ4n) is 0.816. The summed E-state index contributed by atoms with van der Waals surface area (Å²) in [6.45, 7) is 5.85. The summed E-state index contributed by atoms with van der Waals surface area (Å²) < 4.78 is 0. The maximum atomic E-state index is 3.01. The van der Waals surface area contributed by atoms with E-state index in [0.29, 0.717) is 0 Å². The minimum atomic E-state index is 0.997. The van der Waals surface area contributed by atoms with Crippen LogP contribution >= 0.6 is 0 Å². The highest BCUT2D eigenvalue weighted by Gasteiger charge is 1.85. The lowest BCUT2D eigenvalue weighted by atomic mass is 10.2. The van der Waals surface area contributed by atoms with Crippen LogP contribution in [0.25, 0.3) is 0 Å². The Bertz CT molecular complexity index is 241. The van der Waals surface area contributed by atoms with Crippen molar-refractivity contribution in [1.29, 1.82) is 0 Å². The first-order valence-electron chi connectivity index (χ1n) is 4.39. The zero-order valence-corrected chi connectivity index (χ0v) is 8.09. The molecular weight excluding hydrogens is 144 g/mol. The van der Waals surface area contributed by atoms with Crippen molar-refractivity contribution in [2.45, 2.75) is 27.2 Å². The van der Waals surface area contributed by atoms with Gasteiger partial charge in [0.2, 0.25) is 0 Å². The van der Waals surface area contributed by atoms with Crippen molar-refractivity contribution in [2.24, 2.45) is 0 Å². The molecule has 0 spiro atoms. The molecule has 1 rings (SSSR count). The van der Waals surface area contributed by atoms with E-state index in [-0.39, 0.29) is 0 Å². The second kappa shape index (κ2) is 7.88. The molecule has 0 atom stereocenters. The van der Waals surface area contributed by atoms with Crippen LogP contribution in [0.4, 0.5) is 0 Å².